The summed E-state index contributed by atoms with van der Waals surface area (Å²) in [7, 11) is 0. The number of nitrogens with one attached hydrogen (secondary N) is 1. The van der Waals surface area contributed by atoms with Crippen LogP contribution in [0.4, 0.5) is 0 Å². The number of hydrogen-bond donors (Lipinski definition) is 1. The van der Waals surface area contributed by atoms with E-state index in [0.717, 1.165) is 29.5 Å². The van der Waals surface area contributed by atoms with Crippen molar-refractivity contribution in [1.82, 2.24) is 10.2 Å². The molecule has 0 saturated heterocycles. The maximum absolute atomic E-state index is 13.3. The minimum Gasteiger partial charge on any atom is -0.352 e. The molecule has 1 N–H and O–H groups in total. The van der Waals surface area contributed by atoms with E-state index >= 15 is 0 Å². The highest BCUT2D eigenvalue weighted by molar-refractivity contribution is 5.88. The van der Waals surface area contributed by atoms with E-state index in [-0.39, 0.29) is 17.9 Å². The minimum atomic E-state index is -0.509. The third-order valence-corrected chi connectivity index (χ3v) is 6.03. The lowest BCUT2D eigenvalue weighted by molar-refractivity contribution is -0.140. The normalized spacial score (nSPS) is 15.4. The second-order valence-electron chi connectivity index (χ2n) is 8.69. The van der Waals surface area contributed by atoms with Crippen LogP contribution in [0, 0.1) is 13.8 Å². The molecule has 4 heteroatoms. The molecule has 0 aliphatic heterocycles. The average Bonchev–Trinajstić information content (AvgIpc) is 2.74. The number of nitrogens with zero attached hydrogens (tertiary/aromatic N) is 1. The zero-order valence-electron chi connectivity index (χ0n) is 18.5. The van der Waals surface area contributed by atoms with Crippen molar-refractivity contribution >= 4 is 11.8 Å². The Morgan fingerprint density at radius 2 is 1.67 bits per heavy atom. The first kappa shape index (κ1) is 22.1. The second-order valence-corrected chi connectivity index (χ2v) is 8.69. The van der Waals surface area contributed by atoms with E-state index in [9.17, 15) is 9.59 Å². The van der Waals surface area contributed by atoms with Crippen LogP contribution in [0.2, 0.25) is 0 Å². The van der Waals surface area contributed by atoms with Gasteiger partial charge >= 0.3 is 0 Å². The largest absolute Gasteiger partial charge is 0.352 e. The van der Waals surface area contributed by atoms with E-state index < -0.39 is 6.04 Å². The highest BCUT2D eigenvalue weighted by Crippen LogP contribution is 2.19. The first-order valence-corrected chi connectivity index (χ1v) is 11.1. The molecule has 2 aromatic rings. The zero-order valence-corrected chi connectivity index (χ0v) is 18.5. The van der Waals surface area contributed by atoms with Crippen LogP contribution in [0.25, 0.3) is 0 Å². The average molecular weight is 407 g/mol. The third-order valence-electron chi connectivity index (χ3n) is 6.03. The summed E-state index contributed by atoms with van der Waals surface area (Å²) < 4.78 is 0. The summed E-state index contributed by atoms with van der Waals surface area (Å²) in [5, 5.41) is 3.19. The van der Waals surface area contributed by atoms with Crippen molar-refractivity contribution in [2.75, 3.05) is 0 Å². The standard InChI is InChI=1S/C26H34N2O2/c1-19-12-14-22(15-13-19)17-25(29)28(18-23-9-7-8-20(2)16-23)21(3)26(30)27-24-10-5-4-6-11-24/h7-9,12-16,21,24H,4-6,10-11,17-18H2,1-3H3,(H,27,30)/t21-/m0/s1. The molecule has 2 amide bonds. The van der Waals surface area contributed by atoms with Crippen LogP contribution in [0.5, 0.6) is 0 Å². The zero-order chi connectivity index (χ0) is 21.5. The Labute approximate surface area is 180 Å². The lowest BCUT2D eigenvalue weighted by Gasteiger charge is -2.31. The Balaban J connectivity index is 1.75. The molecule has 160 valence electrons. The number of rotatable bonds is 7. The van der Waals surface area contributed by atoms with Crippen LogP contribution in [0.15, 0.2) is 48.5 Å². The summed E-state index contributed by atoms with van der Waals surface area (Å²) in [6.45, 7) is 6.36. The van der Waals surface area contributed by atoms with E-state index in [4.69, 9.17) is 0 Å². The molecule has 1 aliphatic rings. The Hall–Kier alpha value is -2.62. The number of benzene rings is 2. The molecule has 1 aliphatic carbocycles. The molecule has 1 saturated carbocycles. The molecule has 1 fully saturated rings. The summed E-state index contributed by atoms with van der Waals surface area (Å²) in [5.74, 6) is -0.0709. The van der Waals surface area contributed by atoms with E-state index in [0.29, 0.717) is 13.0 Å². The van der Waals surface area contributed by atoms with Crippen molar-refractivity contribution in [2.24, 2.45) is 0 Å². The maximum Gasteiger partial charge on any atom is 0.242 e. The number of amides is 2. The number of hydrogen-bond acceptors (Lipinski definition) is 2. The summed E-state index contributed by atoms with van der Waals surface area (Å²) in [5.41, 5.74) is 4.34. The van der Waals surface area contributed by atoms with Gasteiger partial charge in [-0.05, 0) is 44.7 Å². The van der Waals surface area contributed by atoms with Gasteiger partial charge in [0.2, 0.25) is 11.8 Å². The number of carbonyl (C=O) groups excluding carboxylic acids is 2. The lowest BCUT2D eigenvalue weighted by atomic mass is 9.95. The van der Waals surface area contributed by atoms with Gasteiger partial charge in [0, 0.05) is 12.6 Å². The van der Waals surface area contributed by atoms with Gasteiger partial charge in [0.15, 0.2) is 0 Å². The molecule has 0 aromatic heterocycles. The molecule has 0 heterocycles. The fourth-order valence-corrected chi connectivity index (χ4v) is 4.14. The van der Waals surface area contributed by atoms with Gasteiger partial charge < -0.3 is 10.2 Å². The minimum absolute atomic E-state index is 0.0216. The molecule has 2 aromatic carbocycles. The summed E-state index contributed by atoms with van der Waals surface area (Å²) >= 11 is 0. The highest BCUT2D eigenvalue weighted by Gasteiger charge is 2.28. The van der Waals surface area contributed by atoms with Crippen LogP contribution in [-0.4, -0.2) is 28.8 Å². The first-order chi connectivity index (χ1) is 14.4. The van der Waals surface area contributed by atoms with Crippen LogP contribution in [-0.2, 0) is 22.6 Å². The molecular formula is C26H34N2O2. The quantitative estimate of drug-likeness (QED) is 0.724. The van der Waals surface area contributed by atoms with Crippen molar-refractivity contribution in [3.05, 3.63) is 70.8 Å². The van der Waals surface area contributed by atoms with Gasteiger partial charge in [0.25, 0.3) is 0 Å². The molecule has 0 radical (unpaired) electrons. The van der Waals surface area contributed by atoms with E-state index in [1.54, 1.807) is 4.90 Å². The van der Waals surface area contributed by atoms with Gasteiger partial charge in [0.1, 0.15) is 6.04 Å². The predicted molar refractivity (Wildman–Crippen MR) is 121 cm³/mol. The van der Waals surface area contributed by atoms with Crippen LogP contribution in [0.1, 0.15) is 61.3 Å². The molecule has 0 spiro atoms. The highest BCUT2D eigenvalue weighted by atomic mass is 16.2. The van der Waals surface area contributed by atoms with Crippen LogP contribution >= 0.6 is 0 Å². The molecule has 4 nitrogen and oxygen atoms in total. The maximum atomic E-state index is 13.3. The van der Waals surface area contributed by atoms with Crippen LogP contribution in [0.3, 0.4) is 0 Å². The Morgan fingerprint density at radius 3 is 2.33 bits per heavy atom. The molecular weight excluding hydrogens is 372 g/mol. The number of carbonyl (C=O) groups is 2. The van der Waals surface area contributed by atoms with E-state index in [1.807, 2.05) is 63.2 Å². The fraction of sp³-hybridized carbons (Fsp3) is 0.462. The Kier molecular flexibility index (Phi) is 7.67. The van der Waals surface area contributed by atoms with Gasteiger partial charge in [-0.15, -0.1) is 0 Å². The SMILES string of the molecule is Cc1ccc(CC(=O)N(Cc2cccc(C)c2)[C@@H](C)C(=O)NC2CCCCC2)cc1. The molecule has 30 heavy (non-hydrogen) atoms. The van der Waals surface area contributed by atoms with Gasteiger partial charge in [-0.2, -0.15) is 0 Å². The van der Waals surface area contributed by atoms with Crippen LogP contribution < -0.4 is 5.32 Å². The Morgan fingerprint density at radius 1 is 0.967 bits per heavy atom. The van der Waals surface area contributed by atoms with E-state index in [1.165, 1.54) is 24.8 Å². The molecule has 0 bridgehead atoms. The topological polar surface area (TPSA) is 49.4 Å². The van der Waals surface area contributed by atoms with Crippen molar-refractivity contribution in [3.63, 3.8) is 0 Å². The third kappa shape index (κ3) is 6.19. The van der Waals surface area contributed by atoms with E-state index in [2.05, 4.69) is 11.4 Å². The van der Waals surface area contributed by atoms with Gasteiger partial charge in [0.05, 0.1) is 6.42 Å². The predicted octanol–water partition coefficient (Wildman–Crippen LogP) is 4.71. The summed E-state index contributed by atoms with van der Waals surface area (Å²) in [4.78, 5) is 28.0. The lowest BCUT2D eigenvalue weighted by Crippen LogP contribution is -2.50. The molecule has 1 atom stereocenters. The van der Waals surface area contributed by atoms with Crippen molar-refractivity contribution < 1.29 is 9.59 Å². The number of aryl methyl sites for hydroxylation is 2. The monoisotopic (exact) mass is 406 g/mol. The van der Waals surface area contributed by atoms with Gasteiger partial charge in [-0.25, -0.2) is 0 Å². The van der Waals surface area contributed by atoms with Crippen molar-refractivity contribution in [1.29, 1.82) is 0 Å². The van der Waals surface area contributed by atoms with Crippen molar-refractivity contribution in [2.45, 2.75) is 77.9 Å². The molecule has 0 unspecified atom stereocenters. The second kappa shape index (κ2) is 10.4. The Bertz CT molecular complexity index is 854. The van der Waals surface area contributed by atoms with Gasteiger partial charge in [-0.1, -0.05) is 78.9 Å². The summed E-state index contributed by atoms with van der Waals surface area (Å²) in [6.07, 6.45) is 5.95. The van der Waals surface area contributed by atoms with Crippen molar-refractivity contribution in [3.8, 4) is 0 Å². The van der Waals surface area contributed by atoms with Gasteiger partial charge in [-0.3, -0.25) is 9.59 Å². The summed E-state index contributed by atoms with van der Waals surface area (Å²) in [6, 6.07) is 15.9. The fourth-order valence-electron chi connectivity index (χ4n) is 4.14. The molecule has 3 rings (SSSR count). The smallest absolute Gasteiger partial charge is 0.242 e. The first-order valence-electron chi connectivity index (χ1n) is 11.1.